The summed E-state index contributed by atoms with van der Waals surface area (Å²) < 4.78 is 0. The van der Waals surface area contributed by atoms with E-state index in [4.69, 9.17) is 11.6 Å². The Kier molecular flexibility index (Phi) is 7.32. The molecule has 106 valence electrons. The first-order valence-corrected chi connectivity index (χ1v) is 7.98. The number of amides is 1. The molecule has 0 unspecified atom stereocenters. The first kappa shape index (κ1) is 16.4. The lowest BCUT2D eigenvalue weighted by Gasteiger charge is -2.15. The van der Waals surface area contributed by atoms with Crippen molar-refractivity contribution in [2.45, 2.75) is 43.8 Å². The summed E-state index contributed by atoms with van der Waals surface area (Å²) in [5, 5.41) is 3.70. The van der Waals surface area contributed by atoms with Crippen LogP contribution in [0.5, 0.6) is 0 Å². The van der Waals surface area contributed by atoms with Crippen LogP contribution in [-0.2, 0) is 4.79 Å². The number of nitrogens with one attached hydrogen (secondary N) is 1. The second kappa shape index (κ2) is 8.49. The molecule has 0 aliphatic carbocycles. The van der Waals surface area contributed by atoms with Crippen LogP contribution in [0, 0.1) is 5.92 Å². The summed E-state index contributed by atoms with van der Waals surface area (Å²) in [7, 11) is 0. The van der Waals surface area contributed by atoms with Crippen molar-refractivity contribution in [2.24, 2.45) is 5.92 Å². The van der Waals surface area contributed by atoms with Gasteiger partial charge in [-0.2, -0.15) is 0 Å². The van der Waals surface area contributed by atoms with Crippen LogP contribution in [0.2, 0.25) is 5.02 Å². The molecule has 1 aromatic carbocycles. The molecule has 0 aliphatic rings. The van der Waals surface area contributed by atoms with E-state index in [1.54, 1.807) is 11.8 Å². The van der Waals surface area contributed by atoms with Crippen LogP contribution in [0.15, 0.2) is 29.2 Å². The normalized spacial score (nSPS) is 12.5. The van der Waals surface area contributed by atoms with Crippen molar-refractivity contribution in [3.8, 4) is 0 Å². The van der Waals surface area contributed by atoms with Gasteiger partial charge in [0.1, 0.15) is 0 Å². The molecule has 1 N–H and O–H groups in total. The van der Waals surface area contributed by atoms with Crippen LogP contribution in [-0.4, -0.2) is 17.7 Å². The lowest BCUT2D eigenvalue weighted by Crippen LogP contribution is -2.33. The van der Waals surface area contributed by atoms with Gasteiger partial charge in [0, 0.05) is 16.5 Å². The van der Waals surface area contributed by atoms with Gasteiger partial charge in [-0.3, -0.25) is 4.79 Å². The topological polar surface area (TPSA) is 29.1 Å². The predicted molar refractivity (Wildman–Crippen MR) is 83.9 cm³/mol. The maximum Gasteiger partial charge on any atom is 0.233 e. The van der Waals surface area contributed by atoms with Gasteiger partial charge in [-0.05, 0) is 43.0 Å². The first-order chi connectivity index (χ1) is 9.02. The fourth-order valence-corrected chi connectivity index (χ4v) is 2.70. The van der Waals surface area contributed by atoms with E-state index in [1.807, 2.05) is 31.2 Å². The minimum absolute atomic E-state index is 0.0339. The molecule has 0 spiro atoms. The first-order valence-electron chi connectivity index (χ1n) is 6.72. The Balaban J connectivity index is 2.48. The third-order valence-corrected chi connectivity index (χ3v) is 4.40. The zero-order valence-corrected chi connectivity index (χ0v) is 13.4. The standard InChI is InChI=1S/C15H22ClNOS/c1-4-14(15(18)17-10-9-11(2)3)19-13-7-5-12(16)6-8-13/h5-8,11,14H,4,9-10H2,1-3H3,(H,17,18)/t14-/m1/s1. The third-order valence-electron chi connectivity index (χ3n) is 2.78. The molecule has 0 aliphatic heterocycles. The van der Waals surface area contributed by atoms with Crippen LogP contribution < -0.4 is 5.32 Å². The SMILES string of the molecule is CC[C@@H](Sc1ccc(Cl)cc1)C(=O)NCCC(C)C. The van der Waals surface area contributed by atoms with Gasteiger partial charge in [-0.25, -0.2) is 0 Å². The van der Waals surface area contributed by atoms with Gasteiger partial charge in [0.2, 0.25) is 5.91 Å². The summed E-state index contributed by atoms with van der Waals surface area (Å²) in [6.07, 6.45) is 1.84. The molecule has 0 fully saturated rings. The molecule has 19 heavy (non-hydrogen) atoms. The lowest BCUT2D eigenvalue weighted by molar-refractivity contribution is -0.120. The van der Waals surface area contributed by atoms with Gasteiger partial charge < -0.3 is 5.32 Å². The second-order valence-electron chi connectivity index (χ2n) is 4.94. The Bertz CT molecular complexity index is 392. The Labute approximate surface area is 125 Å². The van der Waals surface area contributed by atoms with E-state index in [1.165, 1.54) is 0 Å². The van der Waals surface area contributed by atoms with E-state index < -0.39 is 0 Å². The highest BCUT2D eigenvalue weighted by molar-refractivity contribution is 8.00. The monoisotopic (exact) mass is 299 g/mol. The molecule has 0 heterocycles. The number of benzene rings is 1. The minimum atomic E-state index is -0.0339. The van der Waals surface area contributed by atoms with Crippen LogP contribution in [0.3, 0.4) is 0 Å². The number of rotatable bonds is 7. The van der Waals surface area contributed by atoms with Gasteiger partial charge in [0.25, 0.3) is 0 Å². The molecular formula is C15H22ClNOS. The fraction of sp³-hybridized carbons (Fsp3) is 0.533. The predicted octanol–water partition coefficient (Wildman–Crippen LogP) is 4.37. The average molecular weight is 300 g/mol. The highest BCUT2D eigenvalue weighted by Crippen LogP contribution is 2.26. The minimum Gasteiger partial charge on any atom is -0.355 e. The molecule has 2 nitrogen and oxygen atoms in total. The molecule has 1 rings (SSSR count). The molecule has 0 aromatic heterocycles. The van der Waals surface area contributed by atoms with Gasteiger partial charge in [-0.15, -0.1) is 11.8 Å². The Morgan fingerprint density at radius 2 is 1.95 bits per heavy atom. The summed E-state index contributed by atoms with van der Waals surface area (Å²) >= 11 is 7.45. The third kappa shape index (κ3) is 6.35. The van der Waals surface area contributed by atoms with E-state index >= 15 is 0 Å². The summed E-state index contributed by atoms with van der Waals surface area (Å²) in [5.41, 5.74) is 0. The maximum atomic E-state index is 12.1. The van der Waals surface area contributed by atoms with E-state index in [0.717, 1.165) is 29.3 Å². The molecule has 1 aromatic rings. The zero-order valence-electron chi connectivity index (χ0n) is 11.8. The van der Waals surface area contributed by atoms with Crippen molar-refractivity contribution in [3.63, 3.8) is 0 Å². The van der Waals surface area contributed by atoms with Crippen LogP contribution in [0.1, 0.15) is 33.6 Å². The molecule has 0 saturated carbocycles. The summed E-state index contributed by atoms with van der Waals surface area (Å²) in [6.45, 7) is 7.11. The van der Waals surface area contributed by atoms with Gasteiger partial charge in [-0.1, -0.05) is 32.4 Å². The summed E-state index contributed by atoms with van der Waals surface area (Å²) in [6, 6.07) is 7.62. The van der Waals surface area contributed by atoms with E-state index in [-0.39, 0.29) is 11.2 Å². The van der Waals surface area contributed by atoms with Crippen molar-refractivity contribution in [2.75, 3.05) is 6.54 Å². The Morgan fingerprint density at radius 1 is 1.32 bits per heavy atom. The number of halogens is 1. The lowest BCUT2D eigenvalue weighted by atomic mass is 10.1. The Morgan fingerprint density at radius 3 is 2.47 bits per heavy atom. The number of carbonyl (C=O) groups is 1. The van der Waals surface area contributed by atoms with E-state index in [0.29, 0.717) is 5.92 Å². The fourth-order valence-electron chi connectivity index (χ4n) is 1.60. The summed E-state index contributed by atoms with van der Waals surface area (Å²) in [5.74, 6) is 0.743. The molecule has 0 bridgehead atoms. The van der Waals surface area contributed by atoms with Gasteiger partial charge in [0.05, 0.1) is 5.25 Å². The maximum absolute atomic E-state index is 12.1. The molecule has 1 amide bonds. The molecule has 4 heteroatoms. The molecule has 1 atom stereocenters. The van der Waals surface area contributed by atoms with Gasteiger partial charge in [0.15, 0.2) is 0 Å². The van der Waals surface area contributed by atoms with Crippen molar-refractivity contribution >= 4 is 29.3 Å². The van der Waals surface area contributed by atoms with Crippen molar-refractivity contribution < 1.29 is 4.79 Å². The van der Waals surface area contributed by atoms with E-state index in [9.17, 15) is 4.79 Å². The number of carbonyl (C=O) groups excluding carboxylic acids is 1. The zero-order chi connectivity index (χ0) is 14.3. The van der Waals surface area contributed by atoms with Gasteiger partial charge >= 0.3 is 0 Å². The van der Waals surface area contributed by atoms with E-state index in [2.05, 4.69) is 19.2 Å². The Hall–Kier alpha value is -0.670. The number of hydrogen-bond acceptors (Lipinski definition) is 2. The highest BCUT2D eigenvalue weighted by atomic mass is 35.5. The number of hydrogen-bond donors (Lipinski definition) is 1. The largest absolute Gasteiger partial charge is 0.355 e. The second-order valence-corrected chi connectivity index (χ2v) is 6.65. The van der Waals surface area contributed by atoms with Crippen LogP contribution in [0.25, 0.3) is 0 Å². The molecule has 0 saturated heterocycles. The van der Waals surface area contributed by atoms with Crippen molar-refractivity contribution in [1.29, 1.82) is 0 Å². The van der Waals surface area contributed by atoms with Crippen LogP contribution >= 0.6 is 23.4 Å². The average Bonchev–Trinajstić information content (AvgIpc) is 2.37. The van der Waals surface area contributed by atoms with Crippen molar-refractivity contribution in [1.82, 2.24) is 5.32 Å². The molecular weight excluding hydrogens is 278 g/mol. The highest BCUT2D eigenvalue weighted by Gasteiger charge is 2.17. The smallest absolute Gasteiger partial charge is 0.233 e. The van der Waals surface area contributed by atoms with Crippen molar-refractivity contribution in [3.05, 3.63) is 29.3 Å². The summed E-state index contributed by atoms with van der Waals surface area (Å²) in [4.78, 5) is 13.1. The van der Waals surface area contributed by atoms with Crippen LogP contribution in [0.4, 0.5) is 0 Å². The molecule has 0 radical (unpaired) electrons. The quantitative estimate of drug-likeness (QED) is 0.757. The number of thioether (sulfide) groups is 1.